The molecule has 3 aromatic rings. The number of piperazine rings is 1. The number of nitrogens with one attached hydrogen (secondary N) is 3. The van der Waals surface area contributed by atoms with Gasteiger partial charge in [0.1, 0.15) is 5.69 Å². The van der Waals surface area contributed by atoms with Crippen LogP contribution >= 0.6 is 0 Å². The van der Waals surface area contributed by atoms with E-state index >= 15 is 0 Å². The number of rotatable bonds is 8. The van der Waals surface area contributed by atoms with E-state index in [4.69, 9.17) is 5.10 Å². The Labute approximate surface area is 251 Å². The summed E-state index contributed by atoms with van der Waals surface area (Å²) >= 11 is 0. The second-order valence-electron chi connectivity index (χ2n) is 12.1. The van der Waals surface area contributed by atoms with Crippen molar-refractivity contribution < 1.29 is 0 Å². The molecule has 0 radical (unpaired) electrons. The molecule has 0 saturated carbocycles. The number of aromatic nitrogens is 4. The minimum Gasteiger partial charge on any atom is -0.368 e. The van der Waals surface area contributed by atoms with Gasteiger partial charge in [-0.1, -0.05) is 51.7 Å². The maximum absolute atomic E-state index is 4.74. The first-order valence-electron chi connectivity index (χ1n) is 14.8. The molecular formula is C35H47N7. The zero-order chi connectivity index (χ0) is 30.4. The molecule has 0 aromatic carbocycles. The first-order valence-corrected chi connectivity index (χ1v) is 14.8. The van der Waals surface area contributed by atoms with E-state index in [0.29, 0.717) is 0 Å². The van der Waals surface area contributed by atoms with Gasteiger partial charge >= 0.3 is 0 Å². The minimum absolute atomic E-state index is 0.0343. The summed E-state index contributed by atoms with van der Waals surface area (Å²) in [6.07, 6.45) is 16.5. The summed E-state index contributed by atoms with van der Waals surface area (Å²) in [5, 5.41) is 13.4. The number of hydrogen-bond acceptors (Lipinski definition) is 5. The fourth-order valence-electron chi connectivity index (χ4n) is 4.93. The summed E-state index contributed by atoms with van der Waals surface area (Å²) in [6.45, 7) is 23.1. The number of pyridine rings is 1. The molecule has 4 rings (SSSR count). The van der Waals surface area contributed by atoms with Crippen molar-refractivity contribution in [2.24, 2.45) is 5.41 Å². The van der Waals surface area contributed by atoms with Crippen LogP contribution in [-0.4, -0.2) is 63.2 Å². The van der Waals surface area contributed by atoms with Gasteiger partial charge in [0.2, 0.25) is 0 Å². The number of nitrogens with zero attached hydrogens (tertiary/aromatic N) is 4. The Morgan fingerprint density at radius 2 is 1.81 bits per heavy atom. The van der Waals surface area contributed by atoms with Crippen LogP contribution in [0, 0.1) is 12.3 Å². The number of likely N-dealkylation sites (N-methyl/N-ethyl adjacent to an activating group) is 1. The third-order valence-corrected chi connectivity index (χ3v) is 7.85. The van der Waals surface area contributed by atoms with Crippen molar-refractivity contribution in [2.75, 3.05) is 38.5 Å². The maximum atomic E-state index is 4.74. The molecule has 0 unspecified atom stereocenters. The van der Waals surface area contributed by atoms with Gasteiger partial charge < -0.3 is 20.1 Å². The molecule has 0 atom stereocenters. The van der Waals surface area contributed by atoms with Gasteiger partial charge in [-0.25, -0.2) is 0 Å². The average Bonchev–Trinajstić information content (AvgIpc) is 3.55. The molecule has 3 N–H and O–H groups in total. The monoisotopic (exact) mass is 565 g/mol. The van der Waals surface area contributed by atoms with Crippen LogP contribution in [0.25, 0.3) is 34.8 Å². The van der Waals surface area contributed by atoms with E-state index < -0.39 is 0 Å². The summed E-state index contributed by atoms with van der Waals surface area (Å²) in [6, 6.07) is 4.35. The molecular weight excluding hydrogens is 518 g/mol. The van der Waals surface area contributed by atoms with Gasteiger partial charge in [-0.3, -0.25) is 10.1 Å². The summed E-state index contributed by atoms with van der Waals surface area (Å²) in [5.41, 5.74) is 9.55. The number of anilines is 1. The molecule has 1 aliphatic rings. The Bertz CT molecular complexity index is 1610. The highest BCUT2D eigenvalue weighted by atomic mass is 15.3. The molecule has 42 heavy (non-hydrogen) atoms. The smallest absolute Gasteiger partial charge is 0.116 e. The van der Waals surface area contributed by atoms with Crippen molar-refractivity contribution in [2.45, 2.75) is 48.5 Å². The van der Waals surface area contributed by atoms with Crippen molar-refractivity contribution in [3.05, 3.63) is 88.5 Å². The highest BCUT2D eigenvalue weighted by molar-refractivity contribution is 5.74. The van der Waals surface area contributed by atoms with Crippen molar-refractivity contribution in [3.63, 3.8) is 0 Å². The van der Waals surface area contributed by atoms with E-state index in [-0.39, 0.29) is 5.41 Å². The second kappa shape index (κ2) is 13.3. The highest BCUT2D eigenvalue weighted by Crippen LogP contribution is 2.28. The molecule has 0 aliphatic carbocycles. The fraction of sp³-hybridized carbons (Fsp3) is 0.371. The standard InChI is InChI=1S/C35H47N7/c1-10-12-13-33(42-18-16-41(9)17-19-42)30-21-32(37-25(30)4)34-29(11-2)31(39-40-34)15-14-24(3)27-20-28(23-36-22-27)38-26(5)35(6,7)8/h10-15,20-23,37-39H,5,16-19H2,1-4,6-9H3/b12-10-,24-14+,29-11-,31-15+,33-13+. The van der Waals surface area contributed by atoms with E-state index in [2.05, 4.69) is 141 Å². The van der Waals surface area contributed by atoms with E-state index in [9.17, 15) is 0 Å². The fourth-order valence-corrected chi connectivity index (χ4v) is 4.93. The SMILES string of the molecule is C=C(Nc1cncc(/C(C)=C/C=c2/[nH]nc(-c3cc(/C(=C\C=C/C)N4CCN(C)CC4)c(C)[nH]3)/c2=C\C)c1)C(C)(C)C. The van der Waals surface area contributed by atoms with Gasteiger partial charge in [0.15, 0.2) is 0 Å². The maximum Gasteiger partial charge on any atom is 0.116 e. The van der Waals surface area contributed by atoms with Crippen molar-refractivity contribution in [3.8, 4) is 11.4 Å². The van der Waals surface area contributed by atoms with Gasteiger partial charge in [0, 0.05) is 65.7 Å². The normalized spacial score (nSPS) is 16.6. The van der Waals surface area contributed by atoms with Crippen LogP contribution in [-0.2, 0) is 0 Å². The summed E-state index contributed by atoms with van der Waals surface area (Å²) in [4.78, 5) is 12.9. The molecule has 4 heterocycles. The van der Waals surface area contributed by atoms with Gasteiger partial charge in [-0.2, -0.15) is 5.10 Å². The number of H-pyrrole nitrogens is 2. The molecule has 222 valence electrons. The molecule has 0 bridgehead atoms. The summed E-state index contributed by atoms with van der Waals surface area (Å²) in [5.74, 6) is 0. The molecule has 0 amide bonds. The van der Waals surface area contributed by atoms with Crippen LogP contribution in [0.15, 0.2) is 61.1 Å². The van der Waals surface area contributed by atoms with E-state index in [1.54, 1.807) is 0 Å². The van der Waals surface area contributed by atoms with E-state index in [0.717, 1.165) is 76.3 Å². The third-order valence-electron chi connectivity index (χ3n) is 7.85. The Hall–Kier alpha value is -4.10. The Balaban J connectivity index is 1.64. The number of aryl methyl sites for hydroxylation is 1. The Morgan fingerprint density at radius 1 is 1.07 bits per heavy atom. The number of hydrogen-bond donors (Lipinski definition) is 3. The third kappa shape index (κ3) is 7.21. The van der Waals surface area contributed by atoms with Crippen molar-refractivity contribution in [1.82, 2.24) is 30.0 Å². The molecule has 0 spiro atoms. The first-order chi connectivity index (χ1) is 20.0. The summed E-state index contributed by atoms with van der Waals surface area (Å²) in [7, 11) is 2.19. The van der Waals surface area contributed by atoms with Crippen LogP contribution in [0.4, 0.5) is 5.69 Å². The molecule has 7 heteroatoms. The largest absolute Gasteiger partial charge is 0.368 e. The minimum atomic E-state index is -0.0343. The van der Waals surface area contributed by atoms with Crippen LogP contribution in [0.5, 0.6) is 0 Å². The van der Waals surface area contributed by atoms with Gasteiger partial charge in [-0.05, 0) is 70.2 Å². The quantitative estimate of drug-likeness (QED) is 0.295. The Morgan fingerprint density at radius 3 is 2.48 bits per heavy atom. The lowest BCUT2D eigenvalue weighted by Crippen LogP contribution is -2.43. The van der Waals surface area contributed by atoms with Crippen LogP contribution < -0.4 is 15.9 Å². The predicted molar refractivity (Wildman–Crippen MR) is 179 cm³/mol. The lowest BCUT2D eigenvalue weighted by molar-refractivity contribution is 0.207. The lowest BCUT2D eigenvalue weighted by atomic mass is 9.93. The first kappa shape index (κ1) is 30.8. The van der Waals surface area contributed by atoms with Crippen molar-refractivity contribution in [1.29, 1.82) is 0 Å². The molecule has 1 aliphatic heterocycles. The van der Waals surface area contributed by atoms with Gasteiger partial charge in [-0.15, -0.1) is 0 Å². The van der Waals surface area contributed by atoms with Gasteiger partial charge in [0.25, 0.3) is 0 Å². The zero-order valence-corrected chi connectivity index (χ0v) is 26.6. The van der Waals surface area contributed by atoms with Crippen LogP contribution in [0.1, 0.15) is 58.4 Å². The number of aromatic amines is 2. The predicted octanol–water partition coefficient (Wildman–Crippen LogP) is 5.93. The number of allylic oxidation sites excluding steroid dienone is 6. The molecule has 1 fully saturated rings. The second-order valence-corrected chi connectivity index (χ2v) is 12.1. The zero-order valence-electron chi connectivity index (χ0n) is 26.6. The highest BCUT2D eigenvalue weighted by Gasteiger charge is 2.21. The van der Waals surface area contributed by atoms with Gasteiger partial charge in [0.05, 0.1) is 22.9 Å². The molecule has 3 aromatic heterocycles. The lowest BCUT2D eigenvalue weighted by Gasteiger charge is -2.35. The average molecular weight is 566 g/mol. The summed E-state index contributed by atoms with van der Waals surface area (Å²) < 4.78 is 0. The topological polar surface area (TPSA) is 75.9 Å². The molecule has 1 saturated heterocycles. The Kier molecular flexibility index (Phi) is 9.74. The molecule has 7 nitrogen and oxygen atoms in total. The van der Waals surface area contributed by atoms with E-state index in [1.807, 2.05) is 12.4 Å². The van der Waals surface area contributed by atoms with Crippen molar-refractivity contribution >= 4 is 29.1 Å². The van der Waals surface area contributed by atoms with Crippen LogP contribution in [0.2, 0.25) is 0 Å². The van der Waals surface area contributed by atoms with E-state index in [1.165, 1.54) is 11.3 Å². The van der Waals surface area contributed by atoms with Crippen LogP contribution in [0.3, 0.4) is 0 Å².